The number of hydrogen-bond donors (Lipinski definition) is 0. The van der Waals surface area contributed by atoms with Crippen LogP contribution < -0.4 is 0 Å². The molecule has 1 aromatic heterocycles. The van der Waals surface area contributed by atoms with Crippen molar-refractivity contribution >= 4 is 35.3 Å². The summed E-state index contributed by atoms with van der Waals surface area (Å²) in [5, 5.41) is 11.9. The molecule has 0 bridgehead atoms. The van der Waals surface area contributed by atoms with Gasteiger partial charge in [-0.15, -0.1) is 0 Å². The number of hydrogen-bond acceptors (Lipinski definition) is 8. The quantitative estimate of drug-likeness (QED) is 0.204. The molecular weight excluding hydrogens is 380 g/mol. The zero-order valence-electron chi connectivity index (χ0n) is 14.7. The van der Waals surface area contributed by atoms with E-state index in [1.165, 1.54) is 19.4 Å². The molecule has 3 rings (SSSR count). The molecule has 9 heteroatoms. The fraction of sp³-hybridized carbons (Fsp3) is 0.0526. The van der Waals surface area contributed by atoms with Crippen molar-refractivity contribution in [3.8, 4) is 0 Å². The van der Waals surface area contributed by atoms with Crippen LogP contribution in [0.4, 0.5) is 11.4 Å². The maximum Gasteiger partial charge on any atom is 0.337 e. The van der Waals surface area contributed by atoms with Crippen LogP contribution in [0.3, 0.4) is 0 Å². The highest BCUT2D eigenvalue weighted by Gasteiger charge is 2.16. The number of aliphatic imine (C=N–C) groups is 1. The van der Waals surface area contributed by atoms with Crippen LogP contribution in [0.2, 0.25) is 0 Å². The van der Waals surface area contributed by atoms with Crippen LogP contribution in [0.5, 0.6) is 0 Å². The van der Waals surface area contributed by atoms with Gasteiger partial charge in [-0.25, -0.2) is 14.8 Å². The third kappa shape index (κ3) is 4.77. The smallest absolute Gasteiger partial charge is 0.337 e. The molecule has 0 amide bonds. The number of aromatic nitrogens is 2. The number of benzene rings is 2. The Morgan fingerprint density at radius 3 is 2.54 bits per heavy atom. The number of nitrogens with zero attached hydrogens (tertiary/aromatic N) is 4. The van der Waals surface area contributed by atoms with E-state index in [4.69, 9.17) is 0 Å². The summed E-state index contributed by atoms with van der Waals surface area (Å²) in [7, 11) is 1.31. The first-order valence-corrected chi connectivity index (χ1v) is 8.84. The van der Waals surface area contributed by atoms with Gasteiger partial charge in [-0.05, 0) is 53.7 Å². The van der Waals surface area contributed by atoms with Gasteiger partial charge in [0.15, 0.2) is 5.16 Å². The van der Waals surface area contributed by atoms with Crippen molar-refractivity contribution in [1.29, 1.82) is 0 Å². The van der Waals surface area contributed by atoms with E-state index in [2.05, 4.69) is 19.7 Å². The summed E-state index contributed by atoms with van der Waals surface area (Å²) in [6.45, 7) is 0. The molecule has 0 aliphatic rings. The molecule has 0 radical (unpaired) electrons. The Labute approximate surface area is 164 Å². The van der Waals surface area contributed by atoms with Crippen LogP contribution >= 0.6 is 11.8 Å². The molecule has 2 aromatic carbocycles. The third-order valence-corrected chi connectivity index (χ3v) is 4.53. The number of ether oxygens (including phenoxy) is 1. The van der Waals surface area contributed by atoms with Crippen LogP contribution in [0.15, 0.2) is 76.0 Å². The monoisotopic (exact) mass is 394 g/mol. The lowest BCUT2D eigenvalue weighted by Crippen LogP contribution is -1.99. The van der Waals surface area contributed by atoms with E-state index in [0.29, 0.717) is 26.9 Å². The number of carbonyl (C=O) groups is 1. The number of esters is 1. The molecule has 0 saturated heterocycles. The molecule has 28 heavy (non-hydrogen) atoms. The summed E-state index contributed by atoms with van der Waals surface area (Å²) in [5.74, 6) is -0.429. The van der Waals surface area contributed by atoms with E-state index in [9.17, 15) is 14.9 Å². The second kappa shape index (κ2) is 8.87. The predicted octanol–water partition coefficient (Wildman–Crippen LogP) is 4.07. The molecule has 0 fully saturated rings. The molecular formula is C19H14N4O4S. The molecule has 140 valence electrons. The van der Waals surface area contributed by atoms with Crippen molar-refractivity contribution in [2.45, 2.75) is 10.1 Å². The SMILES string of the molecule is COC(=O)c1ccc(N=Cc2ccc(Sc3ncccn3)c([N+](=O)[O-])c2)cc1. The zero-order chi connectivity index (χ0) is 19.9. The Balaban J connectivity index is 1.81. The van der Waals surface area contributed by atoms with E-state index >= 15 is 0 Å². The lowest BCUT2D eigenvalue weighted by Gasteiger charge is -2.03. The minimum Gasteiger partial charge on any atom is -0.465 e. The number of carbonyl (C=O) groups excluding carboxylic acids is 1. The van der Waals surface area contributed by atoms with E-state index in [1.807, 2.05) is 0 Å². The van der Waals surface area contributed by atoms with Gasteiger partial charge < -0.3 is 4.74 Å². The first kappa shape index (κ1) is 19.2. The average Bonchev–Trinajstić information content (AvgIpc) is 2.73. The summed E-state index contributed by atoms with van der Waals surface area (Å²) >= 11 is 1.12. The minimum atomic E-state index is -0.451. The molecule has 0 atom stereocenters. The fourth-order valence-corrected chi connectivity index (χ4v) is 3.03. The molecule has 3 aromatic rings. The van der Waals surface area contributed by atoms with Crippen molar-refractivity contribution in [3.63, 3.8) is 0 Å². The van der Waals surface area contributed by atoms with Gasteiger partial charge in [0.2, 0.25) is 0 Å². The topological polar surface area (TPSA) is 108 Å². The highest BCUT2D eigenvalue weighted by atomic mass is 32.2. The molecule has 0 aliphatic heterocycles. The van der Waals surface area contributed by atoms with Gasteiger partial charge in [-0.3, -0.25) is 15.1 Å². The van der Waals surface area contributed by atoms with Gasteiger partial charge in [0.25, 0.3) is 5.69 Å². The average molecular weight is 394 g/mol. The van der Waals surface area contributed by atoms with Gasteiger partial charge in [-0.2, -0.15) is 0 Å². The second-order valence-corrected chi connectivity index (χ2v) is 6.42. The Hall–Kier alpha value is -3.59. The molecule has 0 unspecified atom stereocenters. The van der Waals surface area contributed by atoms with E-state index in [0.717, 1.165) is 11.8 Å². The lowest BCUT2D eigenvalue weighted by atomic mass is 10.2. The highest BCUT2D eigenvalue weighted by Crippen LogP contribution is 2.33. The molecule has 0 N–H and O–H groups in total. The third-order valence-electron chi connectivity index (χ3n) is 3.57. The van der Waals surface area contributed by atoms with Crippen molar-refractivity contribution in [2.24, 2.45) is 4.99 Å². The fourth-order valence-electron chi connectivity index (χ4n) is 2.23. The standard InChI is InChI=1S/C19H14N4O4S/c1-27-18(24)14-4-6-15(7-5-14)22-12-13-3-8-17(16(11-13)23(25)26)28-19-20-9-2-10-21-19/h2-12H,1H3. The van der Waals surface area contributed by atoms with Crippen molar-refractivity contribution in [2.75, 3.05) is 7.11 Å². The maximum absolute atomic E-state index is 11.4. The highest BCUT2D eigenvalue weighted by molar-refractivity contribution is 7.99. The van der Waals surface area contributed by atoms with Gasteiger partial charge in [-0.1, -0.05) is 6.07 Å². The van der Waals surface area contributed by atoms with Gasteiger partial charge >= 0.3 is 5.97 Å². The zero-order valence-corrected chi connectivity index (χ0v) is 15.5. The largest absolute Gasteiger partial charge is 0.465 e. The van der Waals surface area contributed by atoms with Gasteiger partial charge in [0, 0.05) is 24.7 Å². The first-order chi connectivity index (χ1) is 13.6. The molecule has 0 saturated carbocycles. The minimum absolute atomic E-state index is 0.0533. The number of rotatable bonds is 6. The Kier molecular flexibility index (Phi) is 6.07. The van der Waals surface area contributed by atoms with Crippen LogP contribution in [0, 0.1) is 10.1 Å². The van der Waals surface area contributed by atoms with Gasteiger partial charge in [0.1, 0.15) is 0 Å². The Morgan fingerprint density at radius 1 is 1.18 bits per heavy atom. The van der Waals surface area contributed by atoms with Crippen LogP contribution in [-0.4, -0.2) is 34.2 Å². The van der Waals surface area contributed by atoms with E-state index < -0.39 is 10.9 Å². The molecule has 1 heterocycles. The number of nitro benzene ring substituents is 1. The van der Waals surface area contributed by atoms with Crippen LogP contribution in [0.25, 0.3) is 0 Å². The molecule has 0 aliphatic carbocycles. The second-order valence-electron chi connectivity index (χ2n) is 5.41. The van der Waals surface area contributed by atoms with Crippen LogP contribution in [-0.2, 0) is 4.74 Å². The molecule has 0 spiro atoms. The number of nitro groups is 1. The summed E-state index contributed by atoms with van der Waals surface area (Å²) < 4.78 is 4.64. The van der Waals surface area contributed by atoms with E-state index in [-0.39, 0.29) is 5.69 Å². The first-order valence-electron chi connectivity index (χ1n) is 8.02. The Morgan fingerprint density at radius 2 is 1.89 bits per heavy atom. The van der Waals surface area contributed by atoms with Gasteiger partial charge in [0.05, 0.1) is 28.2 Å². The Bertz CT molecular complexity index is 1020. The predicted molar refractivity (Wildman–Crippen MR) is 104 cm³/mol. The maximum atomic E-state index is 11.4. The van der Waals surface area contributed by atoms with Crippen molar-refractivity contribution < 1.29 is 14.5 Å². The normalized spacial score (nSPS) is 10.8. The van der Waals surface area contributed by atoms with E-state index in [1.54, 1.807) is 54.9 Å². The van der Waals surface area contributed by atoms with Crippen molar-refractivity contribution in [1.82, 2.24) is 9.97 Å². The van der Waals surface area contributed by atoms with Crippen molar-refractivity contribution in [3.05, 3.63) is 82.2 Å². The lowest BCUT2D eigenvalue weighted by molar-refractivity contribution is -0.387. The summed E-state index contributed by atoms with van der Waals surface area (Å²) in [5.41, 5.74) is 1.54. The summed E-state index contributed by atoms with van der Waals surface area (Å²) in [6, 6.07) is 13.0. The number of methoxy groups -OCH3 is 1. The van der Waals surface area contributed by atoms with Crippen LogP contribution in [0.1, 0.15) is 15.9 Å². The summed E-state index contributed by atoms with van der Waals surface area (Å²) in [6.07, 6.45) is 4.68. The summed E-state index contributed by atoms with van der Waals surface area (Å²) in [4.78, 5) is 35.3. The molecule has 8 nitrogen and oxygen atoms in total.